The first kappa shape index (κ1) is 13.8. The highest BCUT2D eigenvalue weighted by atomic mass is 28.4. The molecular weight excluding hydrogens is 192 g/mol. The summed E-state index contributed by atoms with van der Waals surface area (Å²) >= 11 is 0. The molecule has 0 saturated heterocycles. The SMILES string of the molecule is CC(=O)[C@H](C)CO[Si](C)(C)C(C)(C)C. The zero-order valence-corrected chi connectivity index (χ0v) is 11.6. The molecule has 2 nitrogen and oxygen atoms in total. The van der Waals surface area contributed by atoms with Crippen molar-refractivity contribution in [2.45, 2.75) is 52.8 Å². The molecule has 84 valence electrons. The summed E-state index contributed by atoms with van der Waals surface area (Å²) in [5.74, 6) is 0.243. The molecule has 0 rings (SSSR count). The van der Waals surface area contributed by atoms with Gasteiger partial charge in [0, 0.05) is 12.5 Å². The maximum absolute atomic E-state index is 11.0. The van der Waals surface area contributed by atoms with Gasteiger partial charge >= 0.3 is 0 Å². The van der Waals surface area contributed by atoms with Crippen molar-refractivity contribution in [1.29, 1.82) is 0 Å². The lowest BCUT2D eigenvalue weighted by Gasteiger charge is -2.36. The second-order valence-electron chi connectivity index (χ2n) is 5.58. The zero-order valence-electron chi connectivity index (χ0n) is 10.6. The van der Waals surface area contributed by atoms with E-state index in [1.54, 1.807) is 6.92 Å². The van der Waals surface area contributed by atoms with Gasteiger partial charge in [-0.1, -0.05) is 27.7 Å². The molecule has 14 heavy (non-hydrogen) atoms. The highest BCUT2D eigenvalue weighted by Crippen LogP contribution is 2.36. The van der Waals surface area contributed by atoms with Crippen LogP contribution >= 0.6 is 0 Å². The molecule has 0 N–H and O–H groups in total. The van der Waals surface area contributed by atoms with E-state index in [0.29, 0.717) is 6.61 Å². The topological polar surface area (TPSA) is 26.3 Å². The van der Waals surface area contributed by atoms with Crippen molar-refractivity contribution in [1.82, 2.24) is 0 Å². The first-order chi connectivity index (χ1) is 6.08. The molecule has 0 radical (unpaired) electrons. The minimum Gasteiger partial charge on any atom is -0.416 e. The Morgan fingerprint density at radius 2 is 1.79 bits per heavy atom. The third-order valence-electron chi connectivity index (χ3n) is 3.19. The molecular formula is C11H24O2Si. The molecule has 0 aromatic heterocycles. The van der Waals surface area contributed by atoms with Crippen LogP contribution in [0.15, 0.2) is 0 Å². The Hall–Kier alpha value is -0.153. The van der Waals surface area contributed by atoms with E-state index in [1.807, 2.05) is 6.92 Å². The van der Waals surface area contributed by atoms with Gasteiger partial charge in [0.2, 0.25) is 0 Å². The lowest BCUT2D eigenvalue weighted by atomic mass is 10.1. The predicted octanol–water partition coefficient (Wildman–Crippen LogP) is 3.23. The highest BCUT2D eigenvalue weighted by Gasteiger charge is 2.37. The monoisotopic (exact) mass is 216 g/mol. The van der Waals surface area contributed by atoms with Crippen LogP contribution in [-0.2, 0) is 9.22 Å². The van der Waals surface area contributed by atoms with E-state index in [1.165, 1.54) is 0 Å². The molecule has 1 atom stereocenters. The Morgan fingerprint density at radius 3 is 2.07 bits per heavy atom. The molecule has 0 unspecified atom stereocenters. The zero-order chi connectivity index (χ0) is 11.6. The number of hydrogen-bond donors (Lipinski definition) is 0. The van der Waals surface area contributed by atoms with E-state index in [0.717, 1.165) is 0 Å². The second-order valence-corrected chi connectivity index (χ2v) is 10.4. The summed E-state index contributed by atoms with van der Waals surface area (Å²) in [6.07, 6.45) is 0. The van der Waals surface area contributed by atoms with E-state index in [-0.39, 0.29) is 16.7 Å². The summed E-state index contributed by atoms with van der Waals surface area (Å²) in [6, 6.07) is 0. The molecule has 0 aliphatic heterocycles. The third-order valence-corrected chi connectivity index (χ3v) is 7.70. The smallest absolute Gasteiger partial charge is 0.192 e. The molecule has 0 aromatic rings. The van der Waals surface area contributed by atoms with Crippen LogP contribution in [0.4, 0.5) is 0 Å². The predicted molar refractivity (Wildman–Crippen MR) is 63.0 cm³/mol. The molecule has 0 amide bonds. The number of hydrogen-bond acceptors (Lipinski definition) is 2. The van der Waals surface area contributed by atoms with Crippen molar-refractivity contribution in [2.75, 3.05) is 6.61 Å². The average molecular weight is 216 g/mol. The normalized spacial score (nSPS) is 15.4. The molecule has 0 aliphatic carbocycles. The van der Waals surface area contributed by atoms with Gasteiger partial charge < -0.3 is 4.43 Å². The van der Waals surface area contributed by atoms with Crippen LogP contribution in [0, 0.1) is 5.92 Å². The van der Waals surface area contributed by atoms with Crippen molar-refractivity contribution < 1.29 is 9.22 Å². The van der Waals surface area contributed by atoms with Gasteiger partial charge in [0.1, 0.15) is 5.78 Å². The summed E-state index contributed by atoms with van der Waals surface area (Å²) < 4.78 is 5.94. The Bertz CT molecular complexity index is 204. The number of carbonyl (C=O) groups excluding carboxylic acids is 1. The van der Waals surface area contributed by atoms with Gasteiger partial charge in [0.05, 0.1) is 0 Å². The van der Waals surface area contributed by atoms with Crippen molar-refractivity contribution >= 4 is 14.1 Å². The largest absolute Gasteiger partial charge is 0.416 e. The third kappa shape index (κ3) is 3.92. The fourth-order valence-corrected chi connectivity index (χ4v) is 1.77. The Kier molecular flexibility index (Phi) is 4.53. The molecule has 0 spiro atoms. The minimum absolute atomic E-state index is 0.0316. The van der Waals surface area contributed by atoms with Crippen LogP contribution in [0.2, 0.25) is 18.1 Å². The lowest BCUT2D eigenvalue weighted by Crippen LogP contribution is -2.42. The molecule has 3 heteroatoms. The van der Waals surface area contributed by atoms with Gasteiger partial charge in [0.25, 0.3) is 0 Å². The molecule has 0 saturated carbocycles. The lowest BCUT2D eigenvalue weighted by molar-refractivity contribution is -0.121. The summed E-state index contributed by atoms with van der Waals surface area (Å²) in [5, 5.41) is 0.226. The highest BCUT2D eigenvalue weighted by molar-refractivity contribution is 6.74. The van der Waals surface area contributed by atoms with E-state index < -0.39 is 8.32 Å². The van der Waals surface area contributed by atoms with Crippen molar-refractivity contribution in [2.24, 2.45) is 5.92 Å². The van der Waals surface area contributed by atoms with Crippen LogP contribution in [-0.4, -0.2) is 20.7 Å². The van der Waals surface area contributed by atoms with E-state index in [2.05, 4.69) is 33.9 Å². The minimum atomic E-state index is -1.67. The maximum atomic E-state index is 11.0. The Balaban J connectivity index is 4.20. The molecule has 0 bridgehead atoms. The molecule has 0 heterocycles. The quantitative estimate of drug-likeness (QED) is 0.674. The molecule has 0 aliphatic rings. The Morgan fingerprint density at radius 1 is 1.36 bits per heavy atom. The number of Topliss-reactive ketones (excluding diaryl/α,β-unsaturated/α-hetero) is 1. The van der Waals surface area contributed by atoms with Crippen LogP contribution in [0.5, 0.6) is 0 Å². The van der Waals surface area contributed by atoms with E-state index in [4.69, 9.17) is 4.43 Å². The fourth-order valence-electron chi connectivity index (χ4n) is 0.667. The van der Waals surface area contributed by atoms with Crippen LogP contribution in [0.25, 0.3) is 0 Å². The van der Waals surface area contributed by atoms with Gasteiger partial charge in [-0.15, -0.1) is 0 Å². The summed E-state index contributed by atoms with van der Waals surface area (Å²) in [7, 11) is -1.67. The molecule has 0 aromatic carbocycles. The van der Waals surface area contributed by atoms with Crippen molar-refractivity contribution in [3.63, 3.8) is 0 Å². The van der Waals surface area contributed by atoms with Gasteiger partial charge in [-0.25, -0.2) is 0 Å². The first-order valence-corrected chi connectivity index (χ1v) is 8.13. The van der Waals surface area contributed by atoms with Gasteiger partial charge in [-0.05, 0) is 25.1 Å². The molecule has 0 fully saturated rings. The van der Waals surface area contributed by atoms with Gasteiger partial charge in [-0.2, -0.15) is 0 Å². The van der Waals surface area contributed by atoms with E-state index >= 15 is 0 Å². The van der Waals surface area contributed by atoms with E-state index in [9.17, 15) is 4.79 Å². The van der Waals surface area contributed by atoms with Crippen LogP contribution < -0.4 is 0 Å². The van der Waals surface area contributed by atoms with Gasteiger partial charge in [-0.3, -0.25) is 4.79 Å². The second kappa shape index (κ2) is 4.58. The first-order valence-electron chi connectivity index (χ1n) is 5.22. The Labute approximate surface area is 89.2 Å². The standard InChI is InChI=1S/C11H24O2Si/c1-9(10(2)12)8-13-14(6,7)11(3,4)5/h9H,8H2,1-7H3/t9-/m1/s1. The van der Waals surface area contributed by atoms with Crippen molar-refractivity contribution in [3.8, 4) is 0 Å². The van der Waals surface area contributed by atoms with Crippen LogP contribution in [0.1, 0.15) is 34.6 Å². The summed E-state index contributed by atoms with van der Waals surface area (Å²) in [6.45, 7) is 15.2. The number of carbonyl (C=O) groups is 1. The average Bonchev–Trinajstić information content (AvgIpc) is 1.97. The summed E-state index contributed by atoms with van der Waals surface area (Å²) in [4.78, 5) is 11.0. The van der Waals surface area contributed by atoms with Gasteiger partial charge in [0.15, 0.2) is 8.32 Å². The maximum Gasteiger partial charge on any atom is 0.192 e. The number of rotatable bonds is 4. The fraction of sp³-hybridized carbons (Fsp3) is 0.909. The number of ketones is 1. The van der Waals surface area contributed by atoms with Crippen molar-refractivity contribution in [3.05, 3.63) is 0 Å². The van der Waals surface area contributed by atoms with Crippen LogP contribution in [0.3, 0.4) is 0 Å². The summed E-state index contributed by atoms with van der Waals surface area (Å²) in [5.41, 5.74) is 0.